The van der Waals surface area contributed by atoms with Crippen molar-refractivity contribution < 1.29 is 22.6 Å². The first-order chi connectivity index (χ1) is 10.9. The predicted molar refractivity (Wildman–Crippen MR) is 88.4 cm³/mol. The zero-order valence-corrected chi connectivity index (χ0v) is 14.4. The molecular weight excluding hydrogens is 342 g/mol. The van der Waals surface area contributed by atoms with E-state index in [0.717, 1.165) is 0 Å². The Morgan fingerprint density at radius 1 is 0.913 bits per heavy atom. The number of nitrogens with one attached hydrogen (secondary N) is 1. The topological polar surface area (TPSA) is 73.9 Å². The molecule has 0 aliphatic rings. The molecule has 6 nitrogen and oxygen atoms in total. The van der Waals surface area contributed by atoms with Gasteiger partial charge in [0.25, 0.3) is 10.0 Å². The Morgan fingerprint density at radius 3 is 2.04 bits per heavy atom. The molecule has 2 rings (SSSR count). The van der Waals surface area contributed by atoms with Crippen LogP contribution in [0.3, 0.4) is 0 Å². The summed E-state index contributed by atoms with van der Waals surface area (Å²) in [4.78, 5) is 0.0901. The van der Waals surface area contributed by atoms with Crippen LogP contribution in [-0.2, 0) is 10.0 Å². The molecule has 1 N–H and O–H groups in total. The lowest BCUT2D eigenvalue weighted by molar-refractivity contribution is 0.396. The highest BCUT2D eigenvalue weighted by Gasteiger charge is 2.18. The molecule has 0 amide bonds. The highest BCUT2D eigenvalue weighted by Crippen LogP contribution is 2.36. The lowest BCUT2D eigenvalue weighted by Crippen LogP contribution is -2.13. The van der Waals surface area contributed by atoms with Crippen LogP contribution in [0.2, 0.25) is 5.02 Å². The molecule has 0 aliphatic carbocycles. The molecule has 0 unspecified atom stereocenters. The van der Waals surface area contributed by atoms with Crippen molar-refractivity contribution in [2.24, 2.45) is 0 Å². The van der Waals surface area contributed by atoms with E-state index in [9.17, 15) is 8.42 Å². The van der Waals surface area contributed by atoms with Crippen LogP contribution in [0.5, 0.6) is 17.2 Å². The van der Waals surface area contributed by atoms with E-state index in [1.165, 1.54) is 45.6 Å². The van der Waals surface area contributed by atoms with Crippen LogP contribution in [0, 0.1) is 0 Å². The van der Waals surface area contributed by atoms with Crippen LogP contribution in [-0.4, -0.2) is 29.7 Å². The molecule has 23 heavy (non-hydrogen) atoms. The van der Waals surface area contributed by atoms with Gasteiger partial charge in [-0.15, -0.1) is 0 Å². The van der Waals surface area contributed by atoms with Gasteiger partial charge in [0.2, 0.25) is 0 Å². The van der Waals surface area contributed by atoms with Gasteiger partial charge in [-0.05, 0) is 30.3 Å². The molecule has 2 aromatic rings. The zero-order chi connectivity index (χ0) is 17.0. The van der Waals surface area contributed by atoms with E-state index in [-0.39, 0.29) is 15.6 Å². The van der Waals surface area contributed by atoms with Gasteiger partial charge in [0.15, 0.2) is 0 Å². The maximum absolute atomic E-state index is 12.5. The molecule has 2 aromatic carbocycles. The van der Waals surface area contributed by atoms with Gasteiger partial charge in [0.05, 0.1) is 36.9 Å². The first kappa shape index (κ1) is 17.2. The average molecular weight is 358 g/mol. The molecular formula is C15H16ClNO5S. The third kappa shape index (κ3) is 3.80. The maximum atomic E-state index is 12.5. The number of halogens is 1. The Bertz CT molecular complexity index is 790. The fraction of sp³-hybridized carbons (Fsp3) is 0.200. The Hall–Kier alpha value is -2.12. The van der Waals surface area contributed by atoms with Crippen LogP contribution in [0.15, 0.2) is 41.3 Å². The van der Waals surface area contributed by atoms with Gasteiger partial charge in [-0.3, -0.25) is 4.72 Å². The minimum Gasteiger partial charge on any atom is -0.497 e. The summed E-state index contributed by atoms with van der Waals surface area (Å²) in [6.07, 6.45) is 0. The lowest BCUT2D eigenvalue weighted by Gasteiger charge is -2.14. The predicted octanol–water partition coefficient (Wildman–Crippen LogP) is 3.17. The van der Waals surface area contributed by atoms with Crippen molar-refractivity contribution in [1.29, 1.82) is 0 Å². The summed E-state index contributed by atoms with van der Waals surface area (Å²) in [7, 11) is 0.598. The minimum absolute atomic E-state index is 0.0901. The molecule has 8 heteroatoms. The number of benzene rings is 2. The normalized spacial score (nSPS) is 11.0. The number of hydrogen-bond acceptors (Lipinski definition) is 5. The largest absolute Gasteiger partial charge is 0.497 e. The van der Waals surface area contributed by atoms with Gasteiger partial charge >= 0.3 is 0 Å². The molecule has 124 valence electrons. The lowest BCUT2D eigenvalue weighted by atomic mass is 10.3. The van der Waals surface area contributed by atoms with Gasteiger partial charge in [-0.25, -0.2) is 8.42 Å². The van der Waals surface area contributed by atoms with Crippen LogP contribution >= 0.6 is 11.6 Å². The van der Waals surface area contributed by atoms with Crippen LogP contribution < -0.4 is 18.9 Å². The first-order valence-corrected chi connectivity index (χ1v) is 8.35. The highest BCUT2D eigenvalue weighted by atomic mass is 35.5. The second kappa shape index (κ2) is 6.97. The van der Waals surface area contributed by atoms with Gasteiger partial charge < -0.3 is 14.2 Å². The van der Waals surface area contributed by atoms with E-state index in [4.69, 9.17) is 25.8 Å². The van der Waals surface area contributed by atoms with Crippen LogP contribution in [0.1, 0.15) is 0 Å². The van der Waals surface area contributed by atoms with Gasteiger partial charge in [-0.2, -0.15) is 0 Å². The third-order valence-corrected chi connectivity index (χ3v) is 4.76. The van der Waals surface area contributed by atoms with Crippen LogP contribution in [0.25, 0.3) is 0 Å². The van der Waals surface area contributed by atoms with E-state index >= 15 is 0 Å². The highest BCUT2D eigenvalue weighted by molar-refractivity contribution is 7.92. The Morgan fingerprint density at radius 2 is 1.52 bits per heavy atom. The Labute approximate surface area is 140 Å². The molecule has 0 bridgehead atoms. The summed E-state index contributed by atoms with van der Waals surface area (Å²) >= 11 is 6.04. The molecule has 0 atom stereocenters. The molecule has 0 fully saturated rings. The SMILES string of the molecule is COc1ccc(S(=O)(=O)Nc2cc(Cl)c(OC)cc2OC)cc1. The zero-order valence-electron chi connectivity index (χ0n) is 12.8. The van der Waals surface area contributed by atoms with Crippen molar-refractivity contribution >= 4 is 27.3 Å². The number of anilines is 1. The number of methoxy groups -OCH3 is 3. The quantitative estimate of drug-likeness (QED) is 0.859. The molecule has 0 aliphatic heterocycles. The molecule has 0 aromatic heterocycles. The maximum Gasteiger partial charge on any atom is 0.262 e. The van der Waals surface area contributed by atoms with Crippen molar-refractivity contribution in [1.82, 2.24) is 0 Å². The molecule has 0 spiro atoms. The van der Waals surface area contributed by atoms with Crippen molar-refractivity contribution in [2.75, 3.05) is 26.1 Å². The summed E-state index contributed by atoms with van der Waals surface area (Å²) in [6, 6.07) is 8.95. The fourth-order valence-corrected chi connectivity index (χ4v) is 3.20. The van der Waals surface area contributed by atoms with Crippen LogP contribution in [0.4, 0.5) is 5.69 Å². The third-order valence-electron chi connectivity index (χ3n) is 3.09. The van der Waals surface area contributed by atoms with E-state index in [2.05, 4.69) is 4.72 Å². The van der Waals surface area contributed by atoms with E-state index in [1.54, 1.807) is 12.1 Å². The Balaban J connectivity index is 2.38. The second-order valence-corrected chi connectivity index (χ2v) is 6.56. The fourth-order valence-electron chi connectivity index (χ4n) is 1.90. The number of hydrogen-bond donors (Lipinski definition) is 1. The second-order valence-electron chi connectivity index (χ2n) is 4.47. The number of rotatable bonds is 6. The van der Waals surface area contributed by atoms with Crippen molar-refractivity contribution in [3.8, 4) is 17.2 Å². The van der Waals surface area contributed by atoms with Crippen molar-refractivity contribution in [2.45, 2.75) is 4.90 Å². The first-order valence-electron chi connectivity index (χ1n) is 6.49. The molecule has 0 heterocycles. The van der Waals surface area contributed by atoms with E-state index < -0.39 is 10.0 Å². The summed E-state index contributed by atoms with van der Waals surface area (Å²) < 4.78 is 42.6. The minimum atomic E-state index is -3.79. The van der Waals surface area contributed by atoms with E-state index in [1.807, 2.05) is 0 Å². The summed E-state index contributed by atoms with van der Waals surface area (Å²) in [6.45, 7) is 0. The van der Waals surface area contributed by atoms with Crippen molar-refractivity contribution in [3.05, 3.63) is 41.4 Å². The Kier molecular flexibility index (Phi) is 5.23. The average Bonchev–Trinajstić information content (AvgIpc) is 2.55. The monoisotopic (exact) mass is 357 g/mol. The van der Waals surface area contributed by atoms with Gasteiger partial charge in [-0.1, -0.05) is 11.6 Å². The summed E-state index contributed by atoms with van der Waals surface area (Å²) in [5.41, 5.74) is 0.217. The van der Waals surface area contributed by atoms with E-state index in [0.29, 0.717) is 17.2 Å². The smallest absolute Gasteiger partial charge is 0.262 e. The van der Waals surface area contributed by atoms with Crippen molar-refractivity contribution in [3.63, 3.8) is 0 Å². The van der Waals surface area contributed by atoms with Gasteiger partial charge in [0.1, 0.15) is 17.2 Å². The summed E-state index contributed by atoms with van der Waals surface area (Å²) in [5, 5.41) is 0.265. The molecule has 0 radical (unpaired) electrons. The summed E-state index contributed by atoms with van der Waals surface area (Å²) in [5.74, 6) is 1.24. The number of ether oxygens (including phenoxy) is 3. The standard InChI is InChI=1S/C15H16ClNO5S/c1-20-10-4-6-11(7-5-10)23(18,19)17-13-8-12(16)14(21-2)9-15(13)22-3/h4-9,17H,1-3H3. The number of sulfonamides is 1. The molecule has 0 saturated heterocycles. The molecule has 0 saturated carbocycles. The van der Waals surface area contributed by atoms with Gasteiger partial charge in [0, 0.05) is 6.07 Å².